The zero-order chi connectivity index (χ0) is 16.0. The van der Waals surface area contributed by atoms with E-state index in [9.17, 15) is 4.79 Å². The molecule has 0 aliphatic carbocycles. The minimum Gasteiger partial charge on any atom is -0.395 e. The Balaban J connectivity index is -0.000000595. The maximum atomic E-state index is 11.7. The summed E-state index contributed by atoms with van der Waals surface area (Å²) in [5.74, 6) is 0.948. The van der Waals surface area contributed by atoms with Crippen molar-refractivity contribution in [3.63, 3.8) is 0 Å². The molecule has 128 valence electrons. The molecule has 0 aromatic heterocycles. The van der Waals surface area contributed by atoms with Crippen molar-refractivity contribution in [2.75, 3.05) is 19.7 Å². The fourth-order valence-electron chi connectivity index (χ4n) is 1.72. The highest BCUT2D eigenvalue weighted by atomic mass is 16.6. The van der Waals surface area contributed by atoms with Gasteiger partial charge in [0, 0.05) is 13.1 Å². The highest BCUT2D eigenvalue weighted by molar-refractivity contribution is 5.78. The number of hydrogen-bond donors (Lipinski definition) is 0. The molecule has 1 saturated heterocycles. The van der Waals surface area contributed by atoms with Gasteiger partial charge in [-0.05, 0) is 32.6 Å². The van der Waals surface area contributed by atoms with Gasteiger partial charge >= 0.3 is 0 Å². The molecule has 1 heterocycles. The lowest BCUT2D eigenvalue weighted by Gasteiger charge is -2.30. The third kappa shape index (κ3) is 13.7. The predicted molar refractivity (Wildman–Crippen MR) is 93.8 cm³/mol. The average molecular weight is 303 g/mol. The van der Waals surface area contributed by atoms with Gasteiger partial charge in [-0.25, -0.2) is 0 Å². The molecule has 1 fully saturated rings. The van der Waals surface area contributed by atoms with Gasteiger partial charge in [-0.3, -0.25) is 4.79 Å². The molecule has 0 radical (unpaired) electrons. The van der Waals surface area contributed by atoms with Crippen LogP contribution in [0.4, 0.5) is 0 Å². The van der Waals surface area contributed by atoms with Gasteiger partial charge in [-0.2, -0.15) is 0 Å². The van der Waals surface area contributed by atoms with Gasteiger partial charge in [0.2, 0.25) is 5.91 Å². The van der Waals surface area contributed by atoms with Gasteiger partial charge in [0.25, 0.3) is 0 Å². The Morgan fingerprint density at radius 1 is 1.14 bits per heavy atom. The molecule has 0 N–H and O–H groups in total. The highest BCUT2D eigenvalue weighted by Gasteiger charge is 2.19. The molecule has 1 aliphatic heterocycles. The number of carbonyl (C=O) groups is 1. The van der Waals surface area contributed by atoms with Crippen LogP contribution in [0, 0.1) is 5.92 Å². The van der Waals surface area contributed by atoms with E-state index in [1.165, 1.54) is 0 Å². The lowest BCUT2D eigenvalue weighted by atomic mass is 9.99. The molecule has 0 aromatic rings. The van der Waals surface area contributed by atoms with Crippen LogP contribution < -0.4 is 0 Å². The Hall–Kier alpha value is -1.06. The largest absolute Gasteiger partial charge is 0.395 e. The summed E-state index contributed by atoms with van der Waals surface area (Å²) in [5.41, 5.74) is 0.874. The molecule has 0 bridgehead atoms. The number of likely N-dealkylation sites (tertiary alicyclic amines) is 1. The maximum absolute atomic E-state index is 11.7. The summed E-state index contributed by atoms with van der Waals surface area (Å²) >= 11 is 0. The summed E-state index contributed by atoms with van der Waals surface area (Å²) in [4.78, 5) is 18.7. The van der Waals surface area contributed by atoms with E-state index in [1.54, 1.807) is 0 Å². The van der Waals surface area contributed by atoms with Gasteiger partial charge in [0.05, 0.1) is 12.1 Å². The van der Waals surface area contributed by atoms with E-state index in [1.807, 2.05) is 46.4 Å². The fourth-order valence-corrected chi connectivity index (χ4v) is 1.72. The second-order valence-corrected chi connectivity index (χ2v) is 4.69. The van der Waals surface area contributed by atoms with Gasteiger partial charge < -0.3 is 9.74 Å². The average Bonchev–Trinajstić information content (AvgIpc) is 2.48. The smallest absolute Gasteiger partial charge is 0.226 e. The van der Waals surface area contributed by atoms with Gasteiger partial charge in [-0.15, -0.1) is 0 Å². The van der Waals surface area contributed by atoms with Crippen LogP contribution in [0.3, 0.4) is 0 Å². The van der Waals surface area contributed by atoms with E-state index in [-0.39, 0.29) is 13.3 Å². The molecule has 4 nitrogen and oxygen atoms in total. The molecule has 1 aliphatic rings. The molecular weight excluding hydrogens is 264 g/mol. The lowest BCUT2D eigenvalue weighted by Crippen LogP contribution is -2.38. The number of oxime groups is 1. The number of piperidine rings is 1. The quantitative estimate of drug-likeness (QED) is 0.428. The van der Waals surface area contributed by atoms with Crippen molar-refractivity contribution in [3.8, 4) is 0 Å². The first-order valence-corrected chi connectivity index (χ1v) is 8.00. The summed E-state index contributed by atoms with van der Waals surface area (Å²) < 4.78 is 0. The Bertz CT molecular complexity index is 254. The first-order valence-electron chi connectivity index (χ1n) is 8.00. The Morgan fingerprint density at radius 3 is 2.05 bits per heavy atom. The van der Waals surface area contributed by atoms with Crippen LogP contribution >= 0.6 is 0 Å². The number of amides is 1. The third-order valence-electron chi connectivity index (χ3n) is 2.79. The first-order chi connectivity index (χ1) is 9.59. The van der Waals surface area contributed by atoms with Crippen molar-refractivity contribution in [3.05, 3.63) is 0 Å². The molecule has 0 atom stereocenters. The van der Waals surface area contributed by atoms with E-state index < -0.39 is 0 Å². The summed E-state index contributed by atoms with van der Waals surface area (Å²) in [7, 11) is 0. The lowest BCUT2D eigenvalue weighted by molar-refractivity contribution is -0.133. The van der Waals surface area contributed by atoms with Crippen LogP contribution in [-0.4, -0.2) is 36.2 Å². The molecule has 1 amide bonds. The van der Waals surface area contributed by atoms with Crippen LogP contribution in [0.2, 0.25) is 0 Å². The van der Waals surface area contributed by atoms with Crippen LogP contribution in [0.1, 0.15) is 75.2 Å². The zero-order valence-electron chi connectivity index (χ0n) is 14.5. The predicted octanol–water partition coefficient (Wildman–Crippen LogP) is 4.74. The standard InChI is InChI=1S/C12H22N2O2.2C2H6.CH4/c1-10(2)13-16-9-6-12(15)14-7-4-11(3)5-8-14;2*1-2;/h11H,4-9H2,1-3H3;2*1-2H3;1H4. The monoisotopic (exact) mass is 302 g/mol. The van der Waals surface area contributed by atoms with Crippen molar-refractivity contribution < 1.29 is 9.63 Å². The molecule has 21 heavy (non-hydrogen) atoms. The maximum Gasteiger partial charge on any atom is 0.226 e. The van der Waals surface area contributed by atoms with Crippen LogP contribution in [0.15, 0.2) is 5.16 Å². The van der Waals surface area contributed by atoms with E-state index in [0.29, 0.717) is 13.0 Å². The molecule has 0 saturated carbocycles. The van der Waals surface area contributed by atoms with Crippen molar-refractivity contribution >= 4 is 11.6 Å². The summed E-state index contributed by atoms with van der Waals surface area (Å²) in [6.07, 6.45) is 2.68. The normalized spacial score (nSPS) is 13.6. The number of rotatable bonds is 4. The minimum atomic E-state index is 0. The third-order valence-corrected chi connectivity index (χ3v) is 2.79. The number of nitrogens with zero attached hydrogens (tertiary/aromatic N) is 2. The van der Waals surface area contributed by atoms with Gasteiger partial charge in [0.1, 0.15) is 6.61 Å². The van der Waals surface area contributed by atoms with E-state index in [0.717, 1.165) is 37.6 Å². The number of carbonyl (C=O) groups excluding carboxylic acids is 1. The number of hydrogen-bond acceptors (Lipinski definition) is 3. The second-order valence-electron chi connectivity index (χ2n) is 4.69. The molecular formula is C17H38N2O2. The SMILES string of the molecule is C.CC.CC.CC(C)=NOCCC(=O)N1CCC(C)CC1. The van der Waals surface area contributed by atoms with E-state index in [4.69, 9.17) is 4.84 Å². The molecule has 0 spiro atoms. The van der Waals surface area contributed by atoms with Crippen molar-refractivity contribution in [2.24, 2.45) is 11.1 Å². The van der Waals surface area contributed by atoms with Crippen LogP contribution in [0.25, 0.3) is 0 Å². The van der Waals surface area contributed by atoms with Crippen molar-refractivity contribution in [1.29, 1.82) is 0 Å². The van der Waals surface area contributed by atoms with E-state index >= 15 is 0 Å². The molecule has 0 aromatic carbocycles. The minimum absolute atomic E-state index is 0. The Morgan fingerprint density at radius 2 is 1.62 bits per heavy atom. The summed E-state index contributed by atoms with van der Waals surface area (Å²) in [6.45, 7) is 16.2. The Labute approximate surface area is 132 Å². The summed E-state index contributed by atoms with van der Waals surface area (Å²) in [5, 5.41) is 3.80. The fraction of sp³-hybridized carbons (Fsp3) is 0.882. The first kappa shape index (κ1) is 24.9. The van der Waals surface area contributed by atoms with Crippen molar-refractivity contribution in [2.45, 2.75) is 75.2 Å². The van der Waals surface area contributed by atoms with Gasteiger partial charge in [-0.1, -0.05) is 47.2 Å². The van der Waals surface area contributed by atoms with E-state index in [2.05, 4.69) is 12.1 Å². The molecule has 1 rings (SSSR count). The molecule has 4 heteroatoms. The van der Waals surface area contributed by atoms with Crippen LogP contribution in [-0.2, 0) is 9.63 Å². The topological polar surface area (TPSA) is 41.9 Å². The summed E-state index contributed by atoms with van der Waals surface area (Å²) in [6, 6.07) is 0. The van der Waals surface area contributed by atoms with Crippen molar-refractivity contribution in [1.82, 2.24) is 4.90 Å². The Kier molecular flexibility index (Phi) is 20.2. The second kappa shape index (κ2) is 17.0. The highest BCUT2D eigenvalue weighted by Crippen LogP contribution is 2.16. The molecule has 0 unspecified atom stereocenters. The van der Waals surface area contributed by atoms with Crippen LogP contribution in [0.5, 0.6) is 0 Å². The zero-order valence-corrected chi connectivity index (χ0v) is 14.5. The van der Waals surface area contributed by atoms with Gasteiger partial charge in [0.15, 0.2) is 0 Å².